The molecule has 0 bridgehead atoms. The molecular weight excluding hydrogens is 356 g/mol. The van der Waals surface area contributed by atoms with Crippen molar-refractivity contribution in [2.75, 3.05) is 6.61 Å². The van der Waals surface area contributed by atoms with Gasteiger partial charge in [0, 0.05) is 12.5 Å². The molecule has 0 unspecified atom stereocenters. The van der Waals surface area contributed by atoms with Gasteiger partial charge >= 0.3 is 6.09 Å². The molecule has 7 heteroatoms. The number of nitrogens with zero attached hydrogens (tertiary/aromatic N) is 1. The van der Waals surface area contributed by atoms with E-state index >= 15 is 0 Å². The number of hydrogen-bond acceptors (Lipinski definition) is 4. The Morgan fingerprint density at radius 2 is 1.85 bits per heavy atom. The average Bonchev–Trinajstić information content (AvgIpc) is 3.21. The van der Waals surface area contributed by atoms with E-state index in [1.807, 2.05) is 0 Å². The van der Waals surface area contributed by atoms with Crippen LogP contribution >= 0.6 is 0 Å². The van der Waals surface area contributed by atoms with Gasteiger partial charge in [0.2, 0.25) is 0 Å². The number of hydrogen-bond donors (Lipinski definition) is 0. The third-order valence-electron chi connectivity index (χ3n) is 4.64. The first-order valence-corrected chi connectivity index (χ1v) is 9.21. The van der Waals surface area contributed by atoms with E-state index in [1.54, 1.807) is 39.5 Å². The largest absolute Gasteiger partial charge is 0.444 e. The first-order valence-electron chi connectivity index (χ1n) is 9.21. The summed E-state index contributed by atoms with van der Waals surface area (Å²) in [6, 6.07) is 2.98. The molecular formula is C20H27F2NO4. The Morgan fingerprint density at radius 1 is 1.26 bits per heavy atom. The van der Waals surface area contributed by atoms with Crippen molar-refractivity contribution in [2.24, 2.45) is 0 Å². The van der Waals surface area contributed by atoms with Gasteiger partial charge in [-0.05, 0) is 58.7 Å². The first-order chi connectivity index (χ1) is 12.4. The van der Waals surface area contributed by atoms with E-state index in [4.69, 9.17) is 14.2 Å². The van der Waals surface area contributed by atoms with Crippen molar-refractivity contribution < 1.29 is 27.8 Å². The van der Waals surface area contributed by atoms with Crippen molar-refractivity contribution in [1.29, 1.82) is 0 Å². The quantitative estimate of drug-likeness (QED) is 0.737. The molecule has 1 aromatic rings. The smallest absolute Gasteiger partial charge is 0.412 e. The lowest BCUT2D eigenvalue weighted by atomic mass is 9.97. The molecule has 2 fully saturated rings. The number of carbonyl (C=O) groups excluding carboxylic acids is 1. The third-order valence-corrected chi connectivity index (χ3v) is 4.64. The summed E-state index contributed by atoms with van der Waals surface area (Å²) >= 11 is 0. The molecule has 0 spiro atoms. The molecule has 150 valence electrons. The van der Waals surface area contributed by atoms with Gasteiger partial charge in [-0.1, -0.05) is 0 Å². The van der Waals surface area contributed by atoms with E-state index in [2.05, 4.69) is 0 Å². The van der Waals surface area contributed by atoms with E-state index in [9.17, 15) is 13.6 Å². The van der Waals surface area contributed by atoms with Gasteiger partial charge in [0.25, 0.3) is 0 Å². The average molecular weight is 383 g/mol. The van der Waals surface area contributed by atoms with Crippen molar-refractivity contribution in [2.45, 2.75) is 77.0 Å². The van der Waals surface area contributed by atoms with Crippen LogP contribution in [0.5, 0.6) is 0 Å². The molecule has 0 aromatic heterocycles. The SMILES string of the molecule is CC(C)(C)OC(=O)N1[C@@H](Cc2cc(F)cc(F)c2)[C@@H](C[C@@H]2CO2)OC1(C)C. The molecule has 2 aliphatic rings. The van der Waals surface area contributed by atoms with Crippen molar-refractivity contribution in [1.82, 2.24) is 4.90 Å². The lowest BCUT2D eigenvalue weighted by Crippen LogP contribution is -2.51. The number of carbonyl (C=O) groups is 1. The molecule has 3 rings (SSSR count). The van der Waals surface area contributed by atoms with E-state index in [0.29, 0.717) is 18.6 Å². The molecule has 2 heterocycles. The number of benzene rings is 1. The van der Waals surface area contributed by atoms with Crippen LogP contribution < -0.4 is 0 Å². The van der Waals surface area contributed by atoms with Crippen molar-refractivity contribution in [3.05, 3.63) is 35.4 Å². The van der Waals surface area contributed by atoms with Crippen LogP contribution in [0.25, 0.3) is 0 Å². The maximum atomic E-state index is 13.7. The molecule has 1 aromatic carbocycles. The Labute approximate surface area is 158 Å². The van der Waals surface area contributed by atoms with Crippen LogP contribution in [0, 0.1) is 11.6 Å². The van der Waals surface area contributed by atoms with Crippen LogP contribution in [-0.2, 0) is 20.6 Å². The highest BCUT2D eigenvalue weighted by atomic mass is 19.1. The molecule has 27 heavy (non-hydrogen) atoms. The van der Waals surface area contributed by atoms with Gasteiger partial charge < -0.3 is 14.2 Å². The normalized spacial score (nSPS) is 26.9. The lowest BCUT2D eigenvalue weighted by molar-refractivity contribution is -0.0805. The van der Waals surface area contributed by atoms with Crippen molar-refractivity contribution in [3.8, 4) is 0 Å². The minimum atomic E-state index is -0.904. The first kappa shape index (κ1) is 20.0. The topological polar surface area (TPSA) is 51.3 Å². The number of ether oxygens (including phenoxy) is 3. The van der Waals surface area contributed by atoms with Gasteiger partial charge in [0.05, 0.1) is 24.9 Å². The van der Waals surface area contributed by atoms with E-state index in [1.165, 1.54) is 12.1 Å². The van der Waals surface area contributed by atoms with E-state index < -0.39 is 35.1 Å². The molecule has 2 saturated heterocycles. The molecule has 1 amide bonds. The zero-order valence-electron chi connectivity index (χ0n) is 16.4. The van der Waals surface area contributed by atoms with E-state index in [-0.39, 0.29) is 18.6 Å². The fourth-order valence-electron chi connectivity index (χ4n) is 3.60. The Bertz CT molecular complexity index is 692. The van der Waals surface area contributed by atoms with Gasteiger partial charge in [-0.15, -0.1) is 0 Å². The molecule has 0 aliphatic carbocycles. The maximum Gasteiger partial charge on any atom is 0.412 e. The molecule has 0 N–H and O–H groups in total. The summed E-state index contributed by atoms with van der Waals surface area (Å²) < 4.78 is 44.3. The van der Waals surface area contributed by atoms with Crippen LogP contribution in [-0.4, -0.2) is 47.2 Å². The van der Waals surface area contributed by atoms with Gasteiger partial charge in [-0.25, -0.2) is 13.6 Å². The van der Waals surface area contributed by atoms with Crippen LogP contribution in [0.1, 0.15) is 46.6 Å². The lowest BCUT2D eigenvalue weighted by Gasteiger charge is -2.35. The highest BCUT2D eigenvalue weighted by Gasteiger charge is 2.52. The van der Waals surface area contributed by atoms with Gasteiger partial charge in [-0.2, -0.15) is 0 Å². The number of halogens is 2. The second kappa shape index (κ2) is 7.02. The summed E-state index contributed by atoms with van der Waals surface area (Å²) in [6.07, 6.45) is 0.149. The maximum absolute atomic E-state index is 13.7. The summed E-state index contributed by atoms with van der Waals surface area (Å²) in [5.41, 5.74) is -1.10. The summed E-state index contributed by atoms with van der Waals surface area (Å²) in [5, 5.41) is 0. The second-order valence-corrected chi connectivity index (χ2v) is 8.69. The second-order valence-electron chi connectivity index (χ2n) is 8.69. The standard InChI is InChI=1S/C20H27F2NO4/c1-19(2,3)27-18(24)23-16(8-12-6-13(21)9-14(22)7-12)17(10-15-11-25-15)26-20(23,4)5/h6-7,9,15-17H,8,10-11H2,1-5H3/t15-,16+,17-/m1/s1. The zero-order chi connectivity index (χ0) is 20.0. The van der Waals surface area contributed by atoms with Crippen LogP contribution in [0.15, 0.2) is 18.2 Å². The van der Waals surface area contributed by atoms with E-state index in [0.717, 1.165) is 6.07 Å². The minimum Gasteiger partial charge on any atom is -0.444 e. The predicted octanol–water partition coefficient (Wildman–Crippen LogP) is 4.04. The predicted molar refractivity (Wildman–Crippen MR) is 95.2 cm³/mol. The summed E-state index contributed by atoms with van der Waals surface area (Å²) in [4.78, 5) is 14.5. The number of rotatable bonds is 4. The Balaban J connectivity index is 1.89. The van der Waals surface area contributed by atoms with Crippen LogP contribution in [0.4, 0.5) is 13.6 Å². The fourth-order valence-corrected chi connectivity index (χ4v) is 3.60. The monoisotopic (exact) mass is 383 g/mol. The Kier molecular flexibility index (Phi) is 5.20. The van der Waals surface area contributed by atoms with Gasteiger partial charge in [0.1, 0.15) is 23.0 Å². The van der Waals surface area contributed by atoms with Crippen LogP contribution in [0.3, 0.4) is 0 Å². The fraction of sp³-hybridized carbons (Fsp3) is 0.650. The Hall–Kier alpha value is -1.73. The molecule has 5 nitrogen and oxygen atoms in total. The summed E-state index contributed by atoms with van der Waals surface area (Å²) in [5.74, 6) is -1.29. The summed E-state index contributed by atoms with van der Waals surface area (Å²) in [6.45, 7) is 9.63. The van der Waals surface area contributed by atoms with Gasteiger partial charge in [-0.3, -0.25) is 4.90 Å². The Morgan fingerprint density at radius 3 is 2.37 bits per heavy atom. The molecule has 0 radical (unpaired) electrons. The molecule has 0 saturated carbocycles. The number of epoxide rings is 1. The molecule has 2 aliphatic heterocycles. The van der Waals surface area contributed by atoms with Crippen LogP contribution in [0.2, 0.25) is 0 Å². The van der Waals surface area contributed by atoms with Crippen molar-refractivity contribution >= 4 is 6.09 Å². The highest BCUT2D eigenvalue weighted by molar-refractivity contribution is 5.70. The zero-order valence-corrected chi connectivity index (χ0v) is 16.4. The van der Waals surface area contributed by atoms with Gasteiger partial charge in [0.15, 0.2) is 0 Å². The third kappa shape index (κ3) is 4.96. The number of amides is 1. The van der Waals surface area contributed by atoms with Crippen molar-refractivity contribution in [3.63, 3.8) is 0 Å². The minimum absolute atomic E-state index is 0.0936. The summed E-state index contributed by atoms with van der Waals surface area (Å²) in [7, 11) is 0. The highest BCUT2D eigenvalue weighted by Crippen LogP contribution is 2.38. The molecule has 3 atom stereocenters.